The number of hydrogen-bond donors (Lipinski definition) is 1. The van der Waals surface area contributed by atoms with Gasteiger partial charge in [0.2, 0.25) is 0 Å². The lowest BCUT2D eigenvalue weighted by Gasteiger charge is -2.27. The predicted molar refractivity (Wildman–Crippen MR) is 96.1 cm³/mol. The van der Waals surface area contributed by atoms with Crippen LogP contribution in [0.2, 0.25) is 0 Å². The molecule has 1 saturated heterocycles. The van der Waals surface area contributed by atoms with Crippen LogP contribution in [-0.2, 0) is 0 Å². The smallest absolute Gasteiger partial charge is 0.317 e. The van der Waals surface area contributed by atoms with Crippen LogP contribution in [0.3, 0.4) is 0 Å². The van der Waals surface area contributed by atoms with E-state index in [0.717, 1.165) is 49.4 Å². The minimum Gasteiger partial charge on any atom is -0.486 e. The quantitative estimate of drug-likeness (QED) is 0.847. The summed E-state index contributed by atoms with van der Waals surface area (Å²) in [5.74, 6) is 1.60. The Morgan fingerprint density at radius 3 is 2.92 bits per heavy atom. The van der Waals surface area contributed by atoms with Crippen molar-refractivity contribution >= 4 is 6.03 Å². The number of amides is 2. The highest BCUT2D eigenvalue weighted by atomic mass is 16.6. The molecule has 0 saturated carbocycles. The molecule has 1 unspecified atom stereocenters. The fourth-order valence-corrected chi connectivity index (χ4v) is 4.02. The topological polar surface area (TPSA) is 50.8 Å². The van der Waals surface area contributed by atoms with Gasteiger partial charge in [-0.3, -0.25) is 0 Å². The second kappa shape index (κ2) is 7.38. The average molecular weight is 342 g/mol. The first-order valence-electron chi connectivity index (χ1n) is 9.43. The van der Waals surface area contributed by atoms with Crippen LogP contribution < -0.4 is 14.8 Å². The molecule has 0 spiro atoms. The van der Waals surface area contributed by atoms with E-state index in [9.17, 15) is 4.79 Å². The van der Waals surface area contributed by atoms with Crippen molar-refractivity contribution in [3.63, 3.8) is 0 Å². The van der Waals surface area contributed by atoms with Gasteiger partial charge in [-0.2, -0.15) is 0 Å². The Kier molecular flexibility index (Phi) is 4.81. The molecule has 1 aliphatic carbocycles. The maximum Gasteiger partial charge on any atom is 0.317 e. The van der Waals surface area contributed by atoms with Gasteiger partial charge in [0.05, 0.1) is 6.04 Å². The van der Waals surface area contributed by atoms with Gasteiger partial charge in [-0.1, -0.05) is 17.7 Å². The molecule has 25 heavy (non-hydrogen) atoms. The molecule has 4 rings (SSSR count). The van der Waals surface area contributed by atoms with Crippen LogP contribution in [0, 0.1) is 0 Å². The number of likely N-dealkylation sites (tertiary alicyclic amines) is 1. The molecule has 0 radical (unpaired) electrons. The highest BCUT2D eigenvalue weighted by molar-refractivity contribution is 5.75. The first-order chi connectivity index (χ1) is 12.3. The second-order valence-corrected chi connectivity index (χ2v) is 6.99. The monoisotopic (exact) mass is 342 g/mol. The molecule has 3 aliphatic rings. The number of benzene rings is 1. The van der Waals surface area contributed by atoms with Crippen molar-refractivity contribution < 1.29 is 14.3 Å². The summed E-state index contributed by atoms with van der Waals surface area (Å²) in [6.45, 7) is 2.73. The first-order valence-corrected chi connectivity index (χ1v) is 9.43. The standard InChI is InChI=1S/C20H26N2O3/c23-20(21-10-9-15-4-1-2-5-15)22-11-3-6-17(22)16-7-8-18-19(14-16)25-13-12-24-18/h4,7-8,14,17H,1-3,5-6,9-13H2,(H,21,23). The molecule has 2 heterocycles. The molecule has 2 amide bonds. The van der Waals surface area contributed by atoms with Crippen molar-refractivity contribution in [1.29, 1.82) is 0 Å². The van der Waals surface area contributed by atoms with Gasteiger partial charge in [0.1, 0.15) is 13.2 Å². The molecule has 0 aromatic heterocycles. The maximum atomic E-state index is 12.6. The molecule has 1 fully saturated rings. The Labute approximate surface area is 149 Å². The number of nitrogens with one attached hydrogen (secondary N) is 1. The molecule has 1 aromatic rings. The average Bonchev–Trinajstić information content (AvgIpc) is 3.33. The van der Waals surface area contributed by atoms with E-state index in [1.807, 2.05) is 17.0 Å². The number of carbonyl (C=O) groups excluding carboxylic acids is 1. The van der Waals surface area contributed by atoms with Gasteiger partial charge in [0.25, 0.3) is 0 Å². The Morgan fingerprint density at radius 1 is 1.20 bits per heavy atom. The molecule has 0 bridgehead atoms. The Morgan fingerprint density at radius 2 is 2.08 bits per heavy atom. The molecule has 1 atom stereocenters. The molecular weight excluding hydrogens is 316 g/mol. The van der Waals surface area contributed by atoms with Gasteiger partial charge in [0, 0.05) is 13.1 Å². The summed E-state index contributed by atoms with van der Waals surface area (Å²) in [6.07, 6.45) is 8.99. The largest absolute Gasteiger partial charge is 0.486 e. The molecule has 1 N–H and O–H groups in total. The molecule has 2 aliphatic heterocycles. The number of carbonyl (C=O) groups is 1. The zero-order valence-corrected chi connectivity index (χ0v) is 14.6. The Bertz CT molecular complexity index is 671. The van der Waals surface area contributed by atoms with Crippen LogP contribution in [0.15, 0.2) is 29.8 Å². The van der Waals surface area contributed by atoms with Gasteiger partial charge < -0.3 is 19.7 Å². The molecular formula is C20H26N2O3. The van der Waals surface area contributed by atoms with E-state index in [2.05, 4.69) is 17.5 Å². The summed E-state index contributed by atoms with van der Waals surface area (Å²) in [4.78, 5) is 14.6. The summed E-state index contributed by atoms with van der Waals surface area (Å²) in [5.41, 5.74) is 2.63. The van der Waals surface area contributed by atoms with Crippen LogP contribution in [0.1, 0.15) is 50.1 Å². The fourth-order valence-electron chi connectivity index (χ4n) is 4.02. The van der Waals surface area contributed by atoms with Gasteiger partial charge in [-0.25, -0.2) is 4.79 Å². The normalized spacial score (nSPS) is 22.0. The highest BCUT2D eigenvalue weighted by Crippen LogP contribution is 2.38. The highest BCUT2D eigenvalue weighted by Gasteiger charge is 2.30. The lowest BCUT2D eigenvalue weighted by atomic mass is 10.0. The van der Waals surface area contributed by atoms with Crippen LogP contribution >= 0.6 is 0 Å². The van der Waals surface area contributed by atoms with E-state index in [1.165, 1.54) is 24.8 Å². The van der Waals surface area contributed by atoms with E-state index in [4.69, 9.17) is 9.47 Å². The summed E-state index contributed by atoms with van der Waals surface area (Å²) in [6, 6.07) is 6.24. The summed E-state index contributed by atoms with van der Waals surface area (Å²) in [7, 11) is 0. The summed E-state index contributed by atoms with van der Waals surface area (Å²) < 4.78 is 11.3. The van der Waals surface area contributed by atoms with Crippen LogP contribution in [-0.4, -0.2) is 37.2 Å². The van der Waals surface area contributed by atoms with E-state index < -0.39 is 0 Å². The zero-order chi connectivity index (χ0) is 17.1. The maximum absolute atomic E-state index is 12.6. The van der Waals surface area contributed by atoms with Crippen molar-refractivity contribution in [3.8, 4) is 11.5 Å². The number of allylic oxidation sites excluding steroid dienone is 1. The lowest BCUT2D eigenvalue weighted by Crippen LogP contribution is -2.40. The van der Waals surface area contributed by atoms with Gasteiger partial charge in [-0.15, -0.1) is 0 Å². The zero-order valence-electron chi connectivity index (χ0n) is 14.6. The molecule has 5 nitrogen and oxygen atoms in total. The van der Waals surface area contributed by atoms with E-state index in [0.29, 0.717) is 13.2 Å². The van der Waals surface area contributed by atoms with E-state index in [-0.39, 0.29) is 12.1 Å². The number of ether oxygens (including phenoxy) is 2. The molecule has 134 valence electrons. The SMILES string of the molecule is O=C(NCCC1=CCCC1)N1CCCC1c1ccc2c(c1)OCCO2. The van der Waals surface area contributed by atoms with Crippen LogP contribution in [0.4, 0.5) is 4.79 Å². The number of rotatable bonds is 4. The third-order valence-corrected chi connectivity index (χ3v) is 5.32. The predicted octanol–water partition coefficient (Wildman–Crippen LogP) is 3.80. The van der Waals surface area contributed by atoms with Gasteiger partial charge in [0.15, 0.2) is 11.5 Å². The van der Waals surface area contributed by atoms with Crippen molar-refractivity contribution in [1.82, 2.24) is 10.2 Å². The molecule has 1 aromatic carbocycles. The number of fused-ring (bicyclic) bond motifs is 1. The van der Waals surface area contributed by atoms with Gasteiger partial charge in [-0.05, 0) is 56.2 Å². The Hall–Kier alpha value is -2.17. The summed E-state index contributed by atoms with van der Waals surface area (Å²) >= 11 is 0. The van der Waals surface area contributed by atoms with Gasteiger partial charge >= 0.3 is 6.03 Å². The van der Waals surface area contributed by atoms with E-state index in [1.54, 1.807) is 0 Å². The van der Waals surface area contributed by atoms with Crippen LogP contribution in [0.25, 0.3) is 0 Å². The second-order valence-electron chi connectivity index (χ2n) is 6.99. The first kappa shape index (κ1) is 16.3. The van der Waals surface area contributed by atoms with Crippen molar-refractivity contribution in [2.24, 2.45) is 0 Å². The minimum atomic E-state index is 0.0518. The molecule has 5 heteroatoms. The minimum absolute atomic E-state index is 0.0518. The van der Waals surface area contributed by atoms with Crippen LogP contribution in [0.5, 0.6) is 11.5 Å². The van der Waals surface area contributed by atoms with Crippen molar-refractivity contribution in [3.05, 3.63) is 35.4 Å². The lowest BCUT2D eigenvalue weighted by molar-refractivity contribution is 0.170. The fraction of sp³-hybridized carbons (Fsp3) is 0.550. The Balaban J connectivity index is 1.38. The third-order valence-electron chi connectivity index (χ3n) is 5.32. The van der Waals surface area contributed by atoms with Crippen molar-refractivity contribution in [2.45, 2.75) is 44.6 Å². The van der Waals surface area contributed by atoms with E-state index >= 15 is 0 Å². The van der Waals surface area contributed by atoms with Crippen molar-refractivity contribution in [2.75, 3.05) is 26.3 Å². The summed E-state index contributed by atoms with van der Waals surface area (Å²) in [5, 5.41) is 3.10. The number of hydrogen-bond acceptors (Lipinski definition) is 3. The third kappa shape index (κ3) is 3.60. The number of urea groups is 1. The number of nitrogens with zero attached hydrogens (tertiary/aromatic N) is 1.